The summed E-state index contributed by atoms with van der Waals surface area (Å²) in [7, 11) is 0. The smallest absolute Gasteiger partial charge is 0.410 e. The molecule has 5 rings (SSSR count). The van der Waals surface area contributed by atoms with Crippen LogP contribution in [0.3, 0.4) is 0 Å². The summed E-state index contributed by atoms with van der Waals surface area (Å²) >= 11 is 3.54. The number of halogens is 1. The van der Waals surface area contributed by atoms with Crippen LogP contribution in [-0.2, 0) is 30.8 Å². The summed E-state index contributed by atoms with van der Waals surface area (Å²) in [6.45, 7) is 7.11. The average Bonchev–Trinajstić information content (AvgIpc) is 2.96. The maximum absolute atomic E-state index is 13.4. The number of carbonyl (C=O) groups is 1. The van der Waals surface area contributed by atoms with Crippen molar-refractivity contribution >= 4 is 22.0 Å². The summed E-state index contributed by atoms with van der Waals surface area (Å²) in [5.74, 6) is 1.37. The Labute approximate surface area is 251 Å². The van der Waals surface area contributed by atoms with Gasteiger partial charge in [0.1, 0.15) is 18.8 Å². The van der Waals surface area contributed by atoms with Gasteiger partial charge in [0.2, 0.25) is 0 Å². The summed E-state index contributed by atoms with van der Waals surface area (Å²) in [4.78, 5) is 15.3. The largest absolute Gasteiger partial charge is 0.485 e. The van der Waals surface area contributed by atoms with Crippen molar-refractivity contribution in [1.82, 2.24) is 4.90 Å². The third-order valence-corrected chi connectivity index (χ3v) is 7.54. The van der Waals surface area contributed by atoms with Crippen molar-refractivity contribution in [2.75, 3.05) is 6.54 Å². The van der Waals surface area contributed by atoms with E-state index in [0.717, 1.165) is 32.3 Å². The van der Waals surface area contributed by atoms with Crippen LogP contribution in [0.5, 0.6) is 11.5 Å². The first-order valence-electron chi connectivity index (χ1n) is 14.0. The highest BCUT2D eigenvalue weighted by atomic mass is 79.9. The number of carbonyl (C=O) groups excluding carboxylic acids is 1. The van der Waals surface area contributed by atoms with E-state index in [0.29, 0.717) is 44.1 Å². The highest BCUT2D eigenvalue weighted by Gasteiger charge is 2.35. The predicted molar refractivity (Wildman–Crippen MR) is 165 cm³/mol. The molecule has 1 amide bonds. The third kappa shape index (κ3) is 7.70. The molecular weight excluding hydrogens is 578 g/mol. The molecule has 212 valence electrons. The van der Waals surface area contributed by atoms with Crippen molar-refractivity contribution in [3.63, 3.8) is 0 Å². The Morgan fingerprint density at radius 1 is 0.805 bits per heavy atom. The predicted octanol–water partition coefficient (Wildman–Crippen LogP) is 8.68. The molecule has 0 radical (unpaired) electrons. The molecule has 1 atom stereocenters. The van der Waals surface area contributed by atoms with Crippen LogP contribution >= 0.6 is 15.9 Å². The molecular formula is C35H36BrNO4. The van der Waals surface area contributed by atoms with Crippen molar-refractivity contribution in [2.24, 2.45) is 0 Å². The lowest BCUT2D eigenvalue weighted by Crippen LogP contribution is -2.43. The van der Waals surface area contributed by atoms with Gasteiger partial charge in [-0.15, -0.1) is 0 Å². The van der Waals surface area contributed by atoms with Crippen LogP contribution < -0.4 is 9.47 Å². The van der Waals surface area contributed by atoms with Crippen LogP contribution in [0.2, 0.25) is 0 Å². The molecule has 4 aromatic rings. The quantitative estimate of drug-likeness (QED) is 0.199. The number of hydrogen-bond acceptors (Lipinski definition) is 4. The van der Waals surface area contributed by atoms with E-state index in [9.17, 15) is 4.79 Å². The fourth-order valence-electron chi connectivity index (χ4n) is 5.01. The van der Waals surface area contributed by atoms with Crippen LogP contribution in [0, 0.1) is 0 Å². The lowest BCUT2D eigenvalue weighted by Gasteiger charge is -2.38. The lowest BCUT2D eigenvalue weighted by molar-refractivity contribution is 0.0141. The first-order chi connectivity index (χ1) is 19.7. The summed E-state index contributed by atoms with van der Waals surface area (Å²) in [6.07, 6.45) is 1.05. The summed E-state index contributed by atoms with van der Waals surface area (Å²) < 4.78 is 19.6. The Balaban J connectivity index is 1.51. The van der Waals surface area contributed by atoms with Gasteiger partial charge in [0.15, 0.2) is 11.5 Å². The highest BCUT2D eigenvalue weighted by Crippen LogP contribution is 2.41. The molecule has 1 unspecified atom stereocenters. The van der Waals surface area contributed by atoms with Gasteiger partial charge in [-0.3, -0.25) is 0 Å². The van der Waals surface area contributed by atoms with Crippen molar-refractivity contribution in [3.05, 3.63) is 129 Å². The topological polar surface area (TPSA) is 48.0 Å². The molecule has 0 N–H and O–H groups in total. The molecule has 0 spiro atoms. The van der Waals surface area contributed by atoms with Gasteiger partial charge in [-0.1, -0.05) is 88.7 Å². The van der Waals surface area contributed by atoms with Gasteiger partial charge in [-0.2, -0.15) is 0 Å². The maximum atomic E-state index is 13.4. The zero-order chi connectivity index (χ0) is 28.8. The number of ether oxygens (including phenoxy) is 3. The van der Waals surface area contributed by atoms with Gasteiger partial charge < -0.3 is 19.1 Å². The Hall–Kier alpha value is -3.77. The Morgan fingerprint density at radius 3 is 1.93 bits per heavy atom. The van der Waals surface area contributed by atoms with Crippen molar-refractivity contribution in [1.29, 1.82) is 0 Å². The molecule has 1 aliphatic heterocycles. The number of hydrogen-bond donors (Lipinski definition) is 0. The second-order valence-corrected chi connectivity index (χ2v) is 12.2. The van der Waals surface area contributed by atoms with E-state index >= 15 is 0 Å². The second kappa shape index (κ2) is 12.8. The standard InChI is InChI=1S/C35H36BrNO4/c1-35(2,3)41-34(38)37-19-18-28-21-32(39-23-26-10-6-4-7-11-26)33(40-24-27-12-8-5-9-13-27)22-30(28)31(37)20-25-14-16-29(36)17-15-25/h4-17,21-22,31H,18-20,23-24H2,1-3H3. The SMILES string of the molecule is CC(C)(C)OC(=O)N1CCc2cc(OCc3ccccc3)c(OCc3ccccc3)cc2C1Cc1ccc(Br)cc1. The molecule has 6 heteroatoms. The highest BCUT2D eigenvalue weighted by molar-refractivity contribution is 9.10. The minimum absolute atomic E-state index is 0.211. The Kier molecular flexibility index (Phi) is 8.99. The Morgan fingerprint density at radius 2 is 1.37 bits per heavy atom. The number of fused-ring (bicyclic) bond motifs is 1. The number of benzene rings is 4. The van der Waals surface area contributed by atoms with E-state index in [1.807, 2.05) is 86.3 Å². The van der Waals surface area contributed by atoms with Gasteiger partial charge in [-0.05, 0) is 85.7 Å². The first kappa shape index (κ1) is 28.7. The van der Waals surface area contributed by atoms with Crippen molar-refractivity contribution in [3.8, 4) is 11.5 Å². The minimum atomic E-state index is -0.585. The van der Waals surface area contributed by atoms with Crippen molar-refractivity contribution in [2.45, 2.75) is 58.5 Å². The summed E-state index contributed by atoms with van der Waals surface area (Å²) in [6, 6.07) is 32.4. The van der Waals surface area contributed by atoms with E-state index in [1.54, 1.807) is 0 Å². The second-order valence-electron chi connectivity index (χ2n) is 11.3. The van der Waals surface area contributed by atoms with E-state index in [2.05, 4.69) is 52.3 Å². The molecule has 1 heterocycles. The van der Waals surface area contributed by atoms with Crippen LogP contribution in [0.25, 0.3) is 0 Å². The van der Waals surface area contributed by atoms with E-state index < -0.39 is 5.60 Å². The lowest BCUT2D eigenvalue weighted by atomic mass is 9.88. The molecule has 0 saturated carbocycles. The molecule has 0 aromatic heterocycles. The molecule has 0 aliphatic carbocycles. The molecule has 41 heavy (non-hydrogen) atoms. The Bertz CT molecular complexity index is 1450. The summed E-state index contributed by atoms with van der Waals surface area (Å²) in [5.41, 5.74) is 4.92. The first-order valence-corrected chi connectivity index (χ1v) is 14.8. The number of rotatable bonds is 8. The van der Waals surface area contributed by atoms with E-state index in [-0.39, 0.29) is 12.1 Å². The number of amides is 1. The molecule has 0 saturated heterocycles. The van der Waals surface area contributed by atoms with Gasteiger partial charge in [0.25, 0.3) is 0 Å². The van der Waals surface area contributed by atoms with Crippen LogP contribution in [0.4, 0.5) is 4.79 Å². The van der Waals surface area contributed by atoms with Crippen LogP contribution in [-0.4, -0.2) is 23.1 Å². The fourth-order valence-corrected chi connectivity index (χ4v) is 5.27. The monoisotopic (exact) mass is 613 g/mol. The van der Waals surface area contributed by atoms with Crippen LogP contribution in [0.1, 0.15) is 54.6 Å². The normalized spacial score (nSPS) is 14.7. The average molecular weight is 615 g/mol. The van der Waals surface area contributed by atoms with Gasteiger partial charge in [-0.25, -0.2) is 4.79 Å². The van der Waals surface area contributed by atoms with Crippen LogP contribution in [0.15, 0.2) is 102 Å². The minimum Gasteiger partial charge on any atom is -0.485 e. The van der Waals surface area contributed by atoms with E-state index in [4.69, 9.17) is 14.2 Å². The van der Waals surface area contributed by atoms with Gasteiger partial charge >= 0.3 is 6.09 Å². The van der Waals surface area contributed by atoms with Gasteiger partial charge in [0, 0.05) is 11.0 Å². The third-order valence-electron chi connectivity index (χ3n) is 7.01. The molecule has 0 bridgehead atoms. The molecule has 1 aliphatic rings. The van der Waals surface area contributed by atoms with Crippen molar-refractivity contribution < 1.29 is 19.0 Å². The maximum Gasteiger partial charge on any atom is 0.410 e. The zero-order valence-electron chi connectivity index (χ0n) is 23.8. The fraction of sp³-hybridized carbons (Fsp3) is 0.286. The summed E-state index contributed by atoms with van der Waals surface area (Å²) in [5, 5.41) is 0. The van der Waals surface area contributed by atoms with E-state index in [1.165, 1.54) is 0 Å². The molecule has 4 aromatic carbocycles. The number of nitrogens with zero attached hydrogens (tertiary/aromatic N) is 1. The zero-order valence-corrected chi connectivity index (χ0v) is 25.4. The van der Waals surface area contributed by atoms with Gasteiger partial charge in [0.05, 0.1) is 6.04 Å². The molecule has 5 nitrogen and oxygen atoms in total. The molecule has 0 fully saturated rings.